The molecule has 1 atom stereocenters. The number of ether oxygens (including phenoxy) is 1. The molecule has 1 aromatic rings. The normalized spacial score (nSPS) is 22.7. The van der Waals surface area contributed by atoms with Crippen molar-refractivity contribution >= 4 is 0 Å². The highest BCUT2D eigenvalue weighted by molar-refractivity contribution is 5.40. The molecule has 0 radical (unpaired) electrons. The molecule has 2 heterocycles. The molecule has 0 aliphatic carbocycles. The van der Waals surface area contributed by atoms with E-state index in [1.807, 2.05) is 0 Å². The molecule has 98 valence electrons. The van der Waals surface area contributed by atoms with Crippen LogP contribution in [0.15, 0.2) is 18.2 Å². The molecule has 2 aliphatic rings. The van der Waals surface area contributed by atoms with Gasteiger partial charge in [-0.2, -0.15) is 0 Å². The van der Waals surface area contributed by atoms with Crippen LogP contribution in [0, 0.1) is 6.92 Å². The molecule has 0 amide bonds. The van der Waals surface area contributed by atoms with E-state index >= 15 is 0 Å². The summed E-state index contributed by atoms with van der Waals surface area (Å²) in [6.45, 7) is 8.81. The smallest absolute Gasteiger partial charge is 0.123 e. The third-order valence-corrected chi connectivity index (χ3v) is 4.08. The standard InChI is InChI=1S/C15H22N2O/c1-3-17(13-8-16-9-13)10-14-7-12-6-11(2)4-5-15(12)18-14/h4-6,13-14,16H,3,7-10H2,1-2H3. The molecule has 1 unspecified atom stereocenters. The zero-order valence-electron chi connectivity index (χ0n) is 11.3. The minimum atomic E-state index is 0.336. The molecule has 3 nitrogen and oxygen atoms in total. The Labute approximate surface area is 109 Å². The minimum absolute atomic E-state index is 0.336. The Balaban J connectivity index is 1.62. The number of hydrogen-bond donors (Lipinski definition) is 1. The lowest BCUT2D eigenvalue weighted by Gasteiger charge is -2.38. The Hall–Kier alpha value is -1.06. The Bertz CT molecular complexity index is 429. The van der Waals surface area contributed by atoms with Gasteiger partial charge in [-0.3, -0.25) is 4.90 Å². The maximum Gasteiger partial charge on any atom is 0.123 e. The van der Waals surface area contributed by atoms with Crippen molar-refractivity contribution in [3.05, 3.63) is 29.3 Å². The number of likely N-dealkylation sites (N-methyl/N-ethyl adjacent to an activating group) is 1. The van der Waals surface area contributed by atoms with Crippen molar-refractivity contribution in [3.63, 3.8) is 0 Å². The van der Waals surface area contributed by atoms with Gasteiger partial charge < -0.3 is 10.1 Å². The first-order valence-electron chi connectivity index (χ1n) is 6.97. The molecule has 0 bridgehead atoms. The van der Waals surface area contributed by atoms with Gasteiger partial charge in [0, 0.05) is 32.1 Å². The number of aryl methyl sites for hydroxylation is 1. The highest BCUT2D eigenvalue weighted by atomic mass is 16.5. The third-order valence-electron chi connectivity index (χ3n) is 4.08. The Morgan fingerprint density at radius 3 is 2.89 bits per heavy atom. The number of nitrogens with one attached hydrogen (secondary N) is 1. The molecule has 0 saturated carbocycles. The van der Waals surface area contributed by atoms with E-state index < -0.39 is 0 Å². The Kier molecular flexibility index (Phi) is 3.27. The van der Waals surface area contributed by atoms with Crippen LogP contribution in [-0.2, 0) is 6.42 Å². The third kappa shape index (κ3) is 2.25. The van der Waals surface area contributed by atoms with Gasteiger partial charge in [-0.15, -0.1) is 0 Å². The molecule has 2 aliphatic heterocycles. The SMILES string of the molecule is CCN(CC1Cc2cc(C)ccc2O1)C1CNC1. The number of fused-ring (bicyclic) bond motifs is 1. The van der Waals surface area contributed by atoms with Crippen LogP contribution in [0.3, 0.4) is 0 Å². The van der Waals surface area contributed by atoms with Crippen molar-refractivity contribution < 1.29 is 4.74 Å². The molecule has 18 heavy (non-hydrogen) atoms. The first-order chi connectivity index (χ1) is 8.76. The van der Waals surface area contributed by atoms with Crippen molar-refractivity contribution in [1.82, 2.24) is 10.2 Å². The fourth-order valence-electron chi connectivity index (χ4n) is 2.88. The molecule has 0 aromatic heterocycles. The zero-order chi connectivity index (χ0) is 12.5. The van der Waals surface area contributed by atoms with E-state index in [4.69, 9.17) is 4.74 Å². The average Bonchev–Trinajstić information content (AvgIpc) is 2.67. The van der Waals surface area contributed by atoms with Gasteiger partial charge in [0.05, 0.1) is 0 Å². The van der Waals surface area contributed by atoms with Crippen molar-refractivity contribution in [2.75, 3.05) is 26.2 Å². The molecule has 1 N–H and O–H groups in total. The molecular weight excluding hydrogens is 224 g/mol. The first-order valence-corrected chi connectivity index (χ1v) is 6.97. The topological polar surface area (TPSA) is 24.5 Å². The van der Waals surface area contributed by atoms with Gasteiger partial charge in [0.1, 0.15) is 11.9 Å². The van der Waals surface area contributed by atoms with Crippen molar-refractivity contribution in [2.45, 2.75) is 32.4 Å². The zero-order valence-corrected chi connectivity index (χ0v) is 11.3. The highest BCUT2D eigenvalue weighted by Gasteiger charge is 2.29. The van der Waals surface area contributed by atoms with E-state index in [1.165, 1.54) is 11.1 Å². The van der Waals surface area contributed by atoms with E-state index in [2.05, 4.69) is 42.3 Å². The minimum Gasteiger partial charge on any atom is -0.488 e. The van der Waals surface area contributed by atoms with E-state index in [1.54, 1.807) is 0 Å². The molecule has 3 rings (SSSR count). The van der Waals surface area contributed by atoms with Crippen LogP contribution >= 0.6 is 0 Å². The number of rotatable bonds is 4. The lowest BCUT2D eigenvalue weighted by molar-refractivity contribution is 0.0951. The second-order valence-corrected chi connectivity index (χ2v) is 5.45. The maximum atomic E-state index is 6.05. The van der Waals surface area contributed by atoms with Gasteiger partial charge in [-0.05, 0) is 25.1 Å². The first kappa shape index (κ1) is 12.0. The molecule has 1 fully saturated rings. The highest BCUT2D eigenvalue weighted by Crippen LogP contribution is 2.30. The summed E-state index contributed by atoms with van der Waals surface area (Å²) in [6, 6.07) is 7.22. The van der Waals surface area contributed by atoms with Crippen LogP contribution in [-0.4, -0.2) is 43.2 Å². The number of nitrogens with zero attached hydrogens (tertiary/aromatic N) is 1. The lowest BCUT2D eigenvalue weighted by Crippen LogP contribution is -2.58. The second-order valence-electron chi connectivity index (χ2n) is 5.45. The molecular formula is C15H22N2O. The molecule has 1 aromatic carbocycles. The van der Waals surface area contributed by atoms with Gasteiger partial charge in [0.25, 0.3) is 0 Å². The fourth-order valence-corrected chi connectivity index (χ4v) is 2.88. The van der Waals surface area contributed by atoms with Crippen LogP contribution in [0.4, 0.5) is 0 Å². The van der Waals surface area contributed by atoms with E-state index in [-0.39, 0.29) is 0 Å². The summed E-state index contributed by atoms with van der Waals surface area (Å²) >= 11 is 0. The van der Waals surface area contributed by atoms with Crippen LogP contribution in [0.1, 0.15) is 18.1 Å². The van der Waals surface area contributed by atoms with Crippen LogP contribution in [0.2, 0.25) is 0 Å². The van der Waals surface area contributed by atoms with Gasteiger partial charge in [0.15, 0.2) is 0 Å². The van der Waals surface area contributed by atoms with Crippen LogP contribution in [0.5, 0.6) is 5.75 Å². The monoisotopic (exact) mass is 246 g/mol. The summed E-state index contributed by atoms with van der Waals surface area (Å²) in [5, 5.41) is 3.34. The summed E-state index contributed by atoms with van der Waals surface area (Å²) in [5.74, 6) is 1.09. The summed E-state index contributed by atoms with van der Waals surface area (Å²) in [7, 11) is 0. The van der Waals surface area contributed by atoms with Crippen molar-refractivity contribution in [3.8, 4) is 5.75 Å². The van der Waals surface area contributed by atoms with Gasteiger partial charge in [-0.25, -0.2) is 0 Å². The van der Waals surface area contributed by atoms with Crippen LogP contribution < -0.4 is 10.1 Å². The number of hydrogen-bond acceptors (Lipinski definition) is 3. The predicted molar refractivity (Wildman–Crippen MR) is 73.2 cm³/mol. The largest absolute Gasteiger partial charge is 0.488 e. The summed E-state index contributed by atoms with van der Waals surface area (Å²) in [5.41, 5.74) is 2.70. The summed E-state index contributed by atoms with van der Waals surface area (Å²) < 4.78 is 6.05. The van der Waals surface area contributed by atoms with Crippen LogP contribution in [0.25, 0.3) is 0 Å². The van der Waals surface area contributed by atoms with Crippen molar-refractivity contribution in [1.29, 1.82) is 0 Å². The molecule has 0 spiro atoms. The summed E-state index contributed by atoms with van der Waals surface area (Å²) in [6.07, 6.45) is 1.40. The van der Waals surface area contributed by atoms with E-state index in [0.29, 0.717) is 12.1 Å². The van der Waals surface area contributed by atoms with Gasteiger partial charge >= 0.3 is 0 Å². The molecule has 1 saturated heterocycles. The Morgan fingerprint density at radius 2 is 2.22 bits per heavy atom. The summed E-state index contributed by atoms with van der Waals surface area (Å²) in [4.78, 5) is 2.54. The quantitative estimate of drug-likeness (QED) is 0.873. The lowest BCUT2D eigenvalue weighted by atomic mass is 10.1. The van der Waals surface area contributed by atoms with Crippen molar-refractivity contribution in [2.24, 2.45) is 0 Å². The van der Waals surface area contributed by atoms with Gasteiger partial charge in [0.2, 0.25) is 0 Å². The van der Waals surface area contributed by atoms with Gasteiger partial charge in [-0.1, -0.05) is 24.6 Å². The second kappa shape index (κ2) is 4.90. The van der Waals surface area contributed by atoms with E-state index in [9.17, 15) is 0 Å². The fraction of sp³-hybridized carbons (Fsp3) is 0.600. The maximum absolute atomic E-state index is 6.05. The average molecular weight is 246 g/mol. The predicted octanol–water partition coefficient (Wildman–Crippen LogP) is 1.59. The molecule has 3 heteroatoms. The number of benzene rings is 1. The van der Waals surface area contributed by atoms with E-state index in [0.717, 1.165) is 38.3 Å². The Morgan fingerprint density at radius 1 is 1.39 bits per heavy atom.